The van der Waals surface area contributed by atoms with Gasteiger partial charge in [-0.3, -0.25) is 9.78 Å². The van der Waals surface area contributed by atoms with Crippen LogP contribution in [-0.2, 0) is 0 Å². The van der Waals surface area contributed by atoms with Gasteiger partial charge in [-0.15, -0.1) is 0 Å². The van der Waals surface area contributed by atoms with E-state index < -0.39 is 0 Å². The van der Waals surface area contributed by atoms with E-state index in [-0.39, 0.29) is 0 Å². The van der Waals surface area contributed by atoms with Gasteiger partial charge in [-0.25, -0.2) is 4.85 Å². The molecule has 0 aliphatic carbocycles. The molecule has 0 fully saturated rings. The molecule has 0 amide bonds. The van der Waals surface area contributed by atoms with Gasteiger partial charge in [0.25, 0.3) is 0 Å². The molecular weight excluding hydrogens is 228 g/mol. The van der Waals surface area contributed by atoms with Crippen LogP contribution in [-0.4, -0.2) is 11.3 Å². The van der Waals surface area contributed by atoms with Crippen LogP contribution in [0.3, 0.4) is 0 Å². The summed E-state index contributed by atoms with van der Waals surface area (Å²) in [5.74, 6) is 0.988. The zero-order valence-electron chi connectivity index (χ0n) is 9.75. The highest BCUT2D eigenvalue weighted by atomic mass is 16.5. The topological polar surface area (TPSA) is 43.5 Å². The number of aryl methyl sites for hydroxylation is 1. The summed E-state index contributed by atoms with van der Waals surface area (Å²) < 4.78 is 5.59. The van der Waals surface area contributed by atoms with Gasteiger partial charge in [0.05, 0.1) is 12.8 Å². The first-order valence-corrected chi connectivity index (χ1v) is 5.29. The fourth-order valence-electron chi connectivity index (χ4n) is 1.49. The van der Waals surface area contributed by atoms with Gasteiger partial charge in [0.2, 0.25) is 5.69 Å². The Kier molecular flexibility index (Phi) is 3.35. The summed E-state index contributed by atoms with van der Waals surface area (Å²) in [5, 5.41) is 0. The van der Waals surface area contributed by atoms with E-state index >= 15 is 0 Å². The summed E-state index contributed by atoms with van der Waals surface area (Å²) in [4.78, 5) is 18.0. The molecule has 1 aromatic heterocycles. The Morgan fingerprint density at radius 3 is 2.83 bits per heavy atom. The Balaban J connectivity index is 2.35. The first-order chi connectivity index (χ1) is 8.72. The molecule has 0 atom stereocenters. The molecule has 4 heteroatoms. The molecule has 0 radical (unpaired) electrons. The summed E-state index contributed by atoms with van der Waals surface area (Å²) in [6, 6.07) is 6.55. The van der Waals surface area contributed by atoms with Gasteiger partial charge in [0.15, 0.2) is 0 Å². The largest absolute Gasteiger partial charge is 0.467 e. The second-order valence-electron chi connectivity index (χ2n) is 3.76. The molecule has 0 unspecified atom stereocenters. The summed E-state index contributed by atoms with van der Waals surface area (Å²) in [5.41, 5.74) is 1.73. The van der Waals surface area contributed by atoms with Crippen LogP contribution in [0.2, 0.25) is 0 Å². The lowest BCUT2D eigenvalue weighted by Gasteiger charge is -2.08. The van der Waals surface area contributed by atoms with Crippen molar-refractivity contribution in [3.63, 3.8) is 0 Å². The fraction of sp³-hybridized carbons (Fsp3) is 0.0714. The Morgan fingerprint density at radius 1 is 1.33 bits per heavy atom. The molecule has 2 aromatic rings. The van der Waals surface area contributed by atoms with Crippen molar-refractivity contribution in [2.75, 3.05) is 0 Å². The van der Waals surface area contributed by atoms with Crippen LogP contribution in [0.1, 0.15) is 15.9 Å². The first kappa shape index (κ1) is 11.8. The number of benzene rings is 1. The minimum Gasteiger partial charge on any atom is -0.467 e. The lowest BCUT2D eigenvalue weighted by Crippen LogP contribution is -1.88. The quantitative estimate of drug-likeness (QED) is 0.606. The number of aromatic nitrogens is 1. The third kappa shape index (κ3) is 2.53. The average Bonchev–Trinajstić information content (AvgIpc) is 2.39. The maximum absolute atomic E-state index is 10.6. The average molecular weight is 238 g/mol. The van der Waals surface area contributed by atoms with Crippen LogP contribution in [0.5, 0.6) is 11.5 Å². The predicted molar refractivity (Wildman–Crippen MR) is 67.1 cm³/mol. The number of carbonyl (C=O) groups excluding carboxylic acids is 1. The number of hydrogen-bond donors (Lipinski definition) is 0. The Morgan fingerprint density at radius 2 is 2.17 bits per heavy atom. The summed E-state index contributed by atoms with van der Waals surface area (Å²) in [6.45, 7) is 8.99. The van der Waals surface area contributed by atoms with Gasteiger partial charge >= 0.3 is 0 Å². The molecule has 0 N–H and O–H groups in total. The van der Waals surface area contributed by atoms with Gasteiger partial charge in [-0.1, -0.05) is 6.07 Å². The molecule has 4 nitrogen and oxygen atoms in total. The number of rotatable bonds is 3. The van der Waals surface area contributed by atoms with Gasteiger partial charge in [-0.05, 0) is 30.7 Å². The Labute approximate surface area is 105 Å². The lowest BCUT2D eigenvalue weighted by atomic mass is 10.2. The zero-order chi connectivity index (χ0) is 13.0. The van der Waals surface area contributed by atoms with Gasteiger partial charge in [-0.2, -0.15) is 0 Å². The molecule has 0 spiro atoms. The minimum atomic E-state index is 0.307. The van der Waals surface area contributed by atoms with Crippen molar-refractivity contribution in [1.82, 2.24) is 4.98 Å². The second kappa shape index (κ2) is 5.11. The highest BCUT2D eigenvalue weighted by Gasteiger charge is 2.06. The summed E-state index contributed by atoms with van der Waals surface area (Å²) in [6.07, 6.45) is 4.00. The molecule has 0 saturated carbocycles. The number of hydrogen-bond acceptors (Lipinski definition) is 3. The maximum atomic E-state index is 10.6. The highest BCUT2D eigenvalue weighted by molar-refractivity contribution is 5.79. The van der Waals surface area contributed by atoms with E-state index in [0.29, 0.717) is 29.0 Å². The predicted octanol–water partition coefficient (Wildman–Crippen LogP) is 3.55. The van der Waals surface area contributed by atoms with E-state index in [0.717, 1.165) is 5.56 Å². The van der Waals surface area contributed by atoms with E-state index in [2.05, 4.69) is 9.83 Å². The molecule has 1 heterocycles. The number of ether oxygens (including phenoxy) is 1. The second-order valence-corrected chi connectivity index (χ2v) is 3.76. The van der Waals surface area contributed by atoms with E-state index in [4.69, 9.17) is 11.3 Å². The normalized spacial score (nSPS) is 9.56. The van der Waals surface area contributed by atoms with Crippen molar-refractivity contribution < 1.29 is 9.53 Å². The van der Waals surface area contributed by atoms with Gasteiger partial charge in [0.1, 0.15) is 17.8 Å². The first-order valence-electron chi connectivity index (χ1n) is 5.29. The Bertz CT molecular complexity index is 630. The van der Waals surface area contributed by atoms with Crippen LogP contribution in [0.4, 0.5) is 5.69 Å². The van der Waals surface area contributed by atoms with Crippen molar-refractivity contribution in [2.24, 2.45) is 0 Å². The molecule has 0 bridgehead atoms. The standard InChI is InChI=1S/C14H10N2O2/c1-10-5-12(8-16-7-10)18-14-4-3-11(9-17)6-13(14)15-2/h3-9H,1H3. The van der Waals surface area contributed by atoms with Crippen molar-refractivity contribution in [3.05, 3.63) is 59.2 Å². The summed E-state index contributed by atoms with van der Waals surface area (Å²) >= 11 is 0. The van der Waals surface area contributed by atoms with Crippen LogP contribution < -0.4 is 4.74 Å². The summed E-state index contributed by atoms with van der Waals surface area (Å²) in [7, 11) is 0. The molecule has 0 aliphatic rings. The van der Waals surface area contributed by atoms with Crippen molar-refractivity contribution in [2.45, 2.75) is 6.92 Å². The minimum absolute atomic E-state index is 0.307. The monoisotopic (exact) mass is 238 g/mol. The van der Waals surface area contributed by atoms with Crippen LogP contribution in [0, 0.1) is 13.5 Å². The number of nitrogens with zero attached hydrogens (tertiary/aromatic N) is 2. The van der Waals surface area contributed by atoms with Crippen molar-refractivity contribution >= 4 is 12.0 Å². The van der Waals surface area contributed by atoms with Crippen molar-refractivity contribution in [1.29, 1.82) is 0 Å². The van der Waals surface area contributed by atoms with Crippen LogP contribution >= 0.6 is 0 Å². The van der Waals surface area contributed by atoms with E-state index in [1.807, 2.05) is 13.0 Å². The number of pyridine rings is 1. The molecule has 0 aliphatic heterocycles. The third-order valence-electron chi connectivity index (χ3n) is 2.32. The van der Waals surface area contributed by atoms with E-state index in [1.54, 1.807) is 24.5 Å². The fourth-order valence-corrected chi connectivity index (χ4v) is 1.49. The van der Waals surface area contributed by atoms with Crippen LogP contribution in [0.15, 0.2) is 36.7 Å². The van der Waals surface area contributed by atoms with Crippen molar-refractivity contribution in [3.8, 4) is 11.5 Å². The molecule has 1 aromatic carbocycles. The number of carbonyl (C=O) groups is 1. The molecule has 18 heavy (non-hydrogen) atoms. The molecule has 2 rings (SSSR count). The molecular formula is C14H10N2O2. The highest BCUT2D eigenvalue weighted by Crippen LogP contribution is 2.32. The SMILES string of the molecule is [C-]#[N+]c1cc(C=O)ccc1Oc1cncc(C)c1. The lowest BCUT2D eigenvalue weighted by molar-refractivity contribution is 0.112. The van der Waals surface area contributed by atoms with Gasteiger partial charge in [0, 0.05) is 11.8 Å². The Hall–Kier alpha value is -2.67. The smallest absolute Gasteiger partial charge is 0.229 e. The van der Waals surface area contributed by atoms with E-state index in [1.165, 1.54) is 6.07 Å². The number of aldehydes is 1. The molecule has 88 valence electrons. The van der Waals surface area contributed by atoms with Crippen LogP contribution in [0.25, 0.3) is 4.85 Å². The van der Waals surface area contributed by atoms with E-state index in [9.17, 15) is 4.79 Å². The molecule has 0 saturated heterocycles. The van der Waals surface area contributed by atoms with Gasteiger partial charge < -0.3 is 4.74 Å². The third-order valence-corrected chi connectivity index (χ3v) is 2.32. The maximum Gasteiger partial charge on any atom is 0.229 e. The zero-order valence-corrected chi connectivity index (χ0v) is 9.75.